The molecule has 0 heterocycles. The van der Waals surface area contributed by atoms with Gasteiger partial charge in [-0.25, -0.2) is 0 Å². The van der Waals surface area contributed by atoms with Crippen molar-refractivity contribution in [2.45, 2.75) is 10.8 Å². The van der Waals surface area contributed by atoms with Crippen molar-refractivity contribution in [1.29, 1.82) is 0 Å². The summed E-state index contributed by atoms with van der Waals surface area (Å²) in [5.74, 6) is 5.88. The Morgan fingerprint density at radius 3 is 0.723 bits per heavy atom. The molecule has 0 saturated heterocycles. The predicted octanol–water partition coefficient (Wildman–Crippen LogP) is -9.44. The second-order valence-electron chi connectivity index (χ2n) is 23.8. The van der Waals surface area contributed by atoms with E-state index >= 15 is 0 Å². The van der Waals surface area contributed by atoms with Crippen LogP contribution in [0.1, 0.15) is 44.5 Å². The smallest absolute Gasteiger partial charge is 0.523 e. The number of ether oxygens (including phenoxy) is 10. The molecule has 119 heavy (non-hydrogen) atoms. The summed E-state index contributed by atoms with van der Waals surface area (Å²) >= 11 is 0. The zero-order valence-electron chi connectivity index (χ0n) is 74.4. The third-order valence-electron chi connectivity index (χ3n) is 17.4. The molecule has 0 N–H and O–H groups in total. The molecule has 0 aliphatic heterocycles. The average Bonchev–Trinajstić information content (AvgIpc) is 1.55. The number of benzene rings is 14. The Morgan fingerprint density at radius 2 is 0.479 bits per heavy atom. The van der Waals surface area contributed by atoms with E-state index < -0.39 is 10.8 Å². The van der Waals surface area contributed by atoms with Crippen LogP contribution in [0.4, 0.5) is 0 Å². The number of methoxy groups -OCH3 is 10. The largest absolute Gasteiger partial charge is 1.00 e. The molecule has 0 bridgehead atoms. The van der Waals surface area contributed by atoms with Gasteiger partial charge in [0.25, 0.3) is 0 Å². The topological polar surface area (TPSA) is 92.3 Å². The van der Waals surface area contributed by atoms with Gasteiger partial charge in [0, 0.05) is 74.4 Å². The van der Waals surface area contributed by atoms with E-state index in [2.05, 4.69) is 240 Å². The van der Waals surface area contributed by atoms with E-state index in [9.17, 15) is 0 Å². The van der Waals surface area contributed by atoms with Crippen molar-refractivity contribution in [2.24, 2.45) is 0 Å². The van der Waals surface area contributed by atoms with Gasteiger partial charge in [-0.3, -0.25) is 0 Å². The Bertz CT molecular complexity index is 4480. The third-order valence-corrected chi connectivity index (χ3v) is 18.6. The normalized spacial score (nSPS) is 9.88. The number of hydrogen-bond acceptors (Lipinski definition) is 10. The van der Waals surface area contributed by atoms with Gasteiger partial charge in [-0.05, 0) is 43.9 Å². The summed E-state index contributed by atoms with van der Waals surface area (Å²) in [6.45, 7) is 0. The molecule has 10 nitrogen and oxygen atoms in total. The van der Waals surface area contributed by atoms with Gasteiger partial charge >= 0.3 is 514 Å². The maximum absolute atomic E-state index is 5.36. The van der Waals surface area contributed by atoms with Crippen molar-refractivity contribution >= 4 is 30.0 Å². The van der Waals surface area contributed by atoms with Gasteiger partial charge in [-0.1, -0.05) is 169 Å². The fourth-order valence-electron chi connectivity index (χ4n) is 12.4. The molecular weight excluding hydrogens is 1760 g/mol. The summed E-state index contributed by atoms with van der Waals surface area (Å²) in [5.41, 5.74) is 13.1. The first-order valence-corrected chi connectivity index (χ1v) is 35.3. The molecule has 0 fully saturated rings. The van der Waals surface area contributed by atoms with Gasteiger partial charge in [0.15, 0.2) is 0 Å². The molecular formula is C98H93K10O10P. The van der Waals surface area contributed by atoms with E-state index in [-0.39, 0.29) is 529 Å². The SMILES string of the molecule is COC.COC.COc1[c-]cc(-c2c[c-]c(OC)cc2)cc1.COc1[c-]cc(C(c2c[c-]c(OC)cc2)(c2ccccc2)c2ccccc2)cc1.COc1[c-]cc(C2(c3c[c-]c(OC)cc3)c3ccccc3-c3ccccc32)cc1.COc1[c-]cc(Pc2c[c-]c(OC)cc2)cc1.[CH3-].[CH3-].[K+].[K+].[K+].[K+].[K+].[K+].[K+].[K+].[K+].[K+].c1ccc2ccccc2c1. The summed E-state index contributed by atoms with van der Waals surface area (Å²) in [6.07, 6.45) is 0. The minimum absolute atomic E-state index is 0. The van der Waals surface area contributed by atoms with E-state index in [0.717, 1.165) is 67.9 Å². The quantitative estimate of drug-likeness (QED) is 0.0380. The van der Waals surface area contributed by atoms with Crippen LogP contribution in [0.2, 0.25) is 0 Å². The van der Waals surface area contributed by atoms with Crippen molar-refractivity contribution < 1.29 is 561 Å². The van der Waals surface area contributed by atoms with Crippen molar-refractivity contribution in [1.82, 2.24) is 0 Å². The van der Waals surface area contributed by atoms with Gasteiger partial charge < -0.3 is 62.2 Å². The third kappa shape index (κ3) is 37.9. The zero-order valence-corrected chi connectivity index (χ0v) is 107. The van der Waals surface area contributed by atoms with Crippen LogP contribution in [-0.2, 0) is 20.3 Å². The van der Waals surface area contributed by atoms with Gasteiger partial charge in [0.2, 0.25) is 0 Å². The van der Waals surface area contributed by atoms with Crippen LogP contribution in [0.25, 0.3) is 33.0 Å². The molecule has 0 radical (unpaired) electrons. The van der Waals surface area contributed by atoms with E-state index in [1.807, 2.05) is 121 Å². The molecule has 1 aliphatic rings. The van der Waals surface area contributed by atoms with Gasteiger partial charge in [-0.2, -0.15) is 117 Å². The van der Waals surface area contributed by atoms with Crippen LogP contribution in [0, 0.1) is 63.4 Å². The second kappa shape index (κ2) is 72.9. The Hall–Kier alpha value is 4.45. The molecule has 15 rings (SSSR count). The molecule has 560 valence electrons. The van der Waals surface area contributed by atoms with Crippen molar-refractivity contribution in [3.8, 4) is 68.2 Å². The van der Waals surface area contributed by atoms with Crippen LogP contribution < -0.4 is 562 Å². The standard InChI is InChI=1S/C27H20O2.C27H22O2.C14H13O2P.C14H12O2.C10H8.2C2H6O.2CH3.10K/c1-28-21-15-11-19(12-16-21)27(20-13-17-22(29-2)18-14-20)25-9-5-3-7-23(25)24-8-4-6-10-26(24)27;1-28-25-17-13-23(14-18-25)27(21-9-5-3-6-10-21,22-11-7-4-8-12-22)24-15-19-26(29-2)20-16-24;1-15-11-3-7-13(8-4-11)17-14-9-5-12(16-2)6-10-14;1-15-13-7-3-11(4-8-13)12-5-9-14(16-2)10-6-12;1-2-6-10-8-4-3-7-9(10)5-1;2*1-3-2;;;;;;;;;;;;/h3-15,17H,1-2H3;3-17,19H,1-2H3;3,5,7-10,17H,1-2H3;3-7,9H,1-2H3;1-8H;2*1-2H3;2*1H3;;;;;;;;;;/q4*-2;;;;2*-1;10*+1. The molecule has 0 unspecified atom stereocenters. The summed E-state index contributed by atoms with van der Waals surface area (Å²) in [4.78, 5) is 0. The van der Waals surface area contributed by atoms with E-state index in [1.54, 1.807) is 85.3 Å². The number of rotatable bonds is 17. The molecule has 0 spiro atoms. The minimum Gasteiger partial charge on any atom is -0.523 e. The van der Waals surface area contributed by atoms with Crippen molar-refractivity contribution in [3.63, 3.8) is 0 Å². The fraction of sp³-hybridized carbons (Fsp3) is 0.143. The van der Waals surface area contributed by atoms with Crippen LogP contribution in [0.5, 0.6) is 46.0 Å². The van der Waals surface area contributed by atoms with E-state index in [1.165, 1.54) is 54.8 Å². The van der Waals surface area contributed by atoms with Crippen molar-refractivity contribution in [3.05, 3.63) is 411 Å². The zero-order chi connectivity index (χ0) is 75.6. The van der Waals surface area contributed by atoms with E-state index in [0.29, 0.717) is 20.1 Å². The second-order valence-corrected chi connectivity index (χ2v) is 25.2. The molecule has 0 atom stereocenters. The van der Waals surface area contributed by atoms with Crippen molar-refractivity contribution in [2.75, 3.05) is 85.3 Å². The summed E-state index contributed by atoms with van der Waals surface area (Å²) in [5, 5.41) is 5.07. The van der Waals surface area contributed by atoms with Gasteiger partial charge in [-0.15, -0.1) is 130 Å². The summed E-state index contributed by atoms with van der Waals surface area (Å²) in [6, 6.07) is 128. The fourth-order valence-corrected chi connectivity index (χ4v) is 13.4. The maximum atomic E-state index is 5.36. The molecule has 14 aromatic rings. The van der Waals surface area contributed by atoms with Crippen LogP contribution in [0.3, 0.4) is 0 Å². The van der Waals surface area contributed by atoms with Gasteiger partial charge in [0.1, 0.15) is 0 Å². The Labute approximate surface area is 1140 Å². The molecule has 0 saturated carbocycles. The van der Waals surface area contributed by atoms with Crippen LogP contribution in [0.15, 0.2) is 303 Å². The Morgan fingerprint density at radius 1 is 0.235 bits per heavy atom. The van der Waals surface area contributed by atoms with Crippen LogP contribution >= 0.6 is 8.58 Å². The summed E-state index contributed by atoms with van der Waals surface area (Å²) < 4.78 is 50.2. The first-order valence-electron chi connectivity index (χ1n) is 34.3. The number of hydrogen-bond donors (Lipinski definition) is 0. The summed E-state index contributed by atoms with van der Waals surface area (Å²) in [7, 11) is 20.3. The molecule has 1 aliphatic carbocycles. The van der Waals surface area contributed by atoms with Gasteiger partial charge in [0.05, 0.1) is 56.9 Å². The molecule has 21 heteroatoms. The minimum atomic E-state index is -0.520. The maximum Gasteiger partial charge on any atom is 1.00 e. The average molecular weight is 1850 g/mol. The Kier molecular flexibility index (Phi) is 79.4. The monoisotopic (exact) mass is 1850 g/mol. The predicted molar refractivity (Wildman–Crippen MR) is 447 cm³/mol. The molecule has 14 aromatic carbocycles. The van der Waals surface area contributed by atoms with E-state index in [4.69, 9.17) is 37.9 Å². The Balaban J connectivity index is -0.000000690. The molecule has 0 amide bonds. The molecule has 0 aromatic heterocycles. The number of fused-ring (bicyclic) bond motifs is 4. The first kappa shape index (κ1) is 130. The van der Waals surface area contributed by atoms with Crippen LogP contribution in [-0.4, -0.2) is 85.3 Å². The first-order chi connectivity index (χ1) is 52.5.